The van der Waals surface area contributed by atoms with Crippen LogP contribution in [0.15, 0.2) is 35.3 Å². The monoisotopic (exact) mass is 497 g/mol. The van der Waals surface area contributed by atoms with Gasteiger partial charge in [0, 0.05) is 20.4 Å². The predicted molar refractivity (Wildman–Crippen MR) is 97.0 cm³/mol. The van der Waals surface area contributed by atoms with Crippen molar-refractivity contribution < 1.29 is 5.11 Å². The van der Waals surface area contributed by atoms with Gasteiger partial charge < -0.3 is 5.11 Å². The number of phenolic OH excluding ortho intramolecular Hbond substituents is 1. The Morgan fingerprint density at radius 1 is 1.21 bits per heavy atom. The summed E-state index contributed by atoms with van der Waals surface area (Å²) in [4.78, 5) is 4.41. The first-order valence-corrected chi connectivity index (χ1v) is 7.99. The van der Waals surface area contributed by atoms with E-state index in [9.17, 15) is 5.11 Å². The molecule has 2 nitrogen and oxygen atoms in total. The molecule has 2 aromatic rings. The highest BCUT2D eigenvalue weighted by Gasteiger charge is 2.05. The van der Waals surface area contributed by atoms with Crippen LogP contribution in [0.25, 0.3) is 0 Å². The van der Waals surface area contributed by atoms with E-state index in [4.69, 9.17) is 11.6 Å². The van der Waals surface area contributed by atoms with E-state index < -0.39 is 0 Å². The Morgan fingerprint density at radius 3 is 2.63 bits per heavy atom. The van der Waals surface area contributed by atoms with Gasteiger partial charge in [0.05, 0.1) is 9.26 Å². The van der Waals surface area contributed by atoms with Crippen molar-refractivity contribution in [1.29, 1.82) is 0 Å². The summed E-state index contributed by atoms with van der Waals surface area (Å²) in [6, 6.07) is 9.35. The Bertz CT molecular complexity index is 656. The fraction of sp³-hybridized carbons (Fsp3) is 0.0714. The van der Waals surface area contributed by atoms with Crippen molar-refractivity contribution in [3.63, 3.8) is 0 Å². The Hall–Kier alpha value is -0.340. The highest BCUT2D eigenvalue weighted by molar-refractivity contribution is 14.1. The molecule has 0 heterocycles. The molecule has 1 N–H and O–H groups in total. The van der Waals surface area contributed by atoms with Gasteiger partial charge in [0.1, 0.15) is 5.75 Å². The first kappa shape index (κ1) is 15.1. The Morgan fingerprint density at radius 2 is 1.95 bits per heavy atom. The maximum Gasteiger partial charge on any atom is 0.137 e. The summed E-state index contributed by atoms with van der Waals surface area (Å²) in [5.41, 5.74) is 2.56. The largest absolute Gasteiger partial charge is 0.506 e. The molecule has 0 bridgehead atoms. The van der Waals surface area contributed by atoms with Crippen LogP contribution in [0.2, 0.25) is 5.02 Å². The molecule has 0 aromatic heterocycles. The summed E-state index contributed by atoms with van der Waals surface area (Å²) in [5.74, 6) is 0.261. The average Bonchev–Trinajstić information content (AvgIpc) is 2.33. The number of hydrogen-bond acceptors (Lipinski definition) is 2. The topological polar surface area (TPSA) is 32.6 Å². The van der Waals surface area contributed by atoms with Gasteiger partial charge in [-0.05, 0) is 88.0 Å². The van der Waals surface area contributed by atoms with Crippen LogP contribution in [-0.2, 0) is 0 Å². The lowest BCUT2D eigenvalue weighted by atomic mass is 10.2. The number of hydrogen-bond donors (Lipinski definition) is 1. The molecule has 98 valence electrons. The van der Waals surface area contributed by atoms with Gasteiger partial charge in [0.25, 0.3) is 0 Å². The minimum Gasteiger partial charge on any atom is -0.506 e. The fourth-order valence-corrected chi connectivity index (χ4v) is 3.70. The molecule has 5 heteroatoms. The van der Waals surface area contributed by atoms with Gasteiger partial charge >= 0.3 is 0 Å². The number of aryl methyl sites for hydroxylation is 1. The molecule has 0 aliphatic heterocycles. The molecule has 19 heavy (non-hydrogen) atoms. The Balaban J connectivity index is 2.38. The molecule has 0 unspecified atom stereocenters. The molecule has 0 saturated carbocycles. The summed E-state index contributed by atoms with van der Waals surface area (Å²) in [5, 5.41) is 10.7. The van der Waals surface area contributed by atoms with Crippen molar-refractivity contribution in [2.75, 3.05) is 0 Å². The molecule has 0 aliphatic rings. The zero-order valence-electron chi connectivity index (χ0n) is 9.99. The number of halogens is 3. The van der Waals surface area contributed by atoms with Crippen molar-refractivity contribution >= 4 is 68.7 Å². The van der Waals surface area contributed by atoms with Gasteiger partial charge in [0.2, 0.25) is 0 Å². The van der Waals surface area contributed by atoms with Crippen LogP contribution in [0.5, 0.6) is 5.75 Å². The van der Waals surface area contributed by atoms with E-state index in [0.717, 1.165) is 18.4 Å². The van der Waals surface area contributed by atoms with E-state index in [0.29, 0.717) is 10.6 Å². The van der Waals surface area contributed by atoms with Crippen LogP contribution in [0.3, 0.4) is 0 Å². The molecule has 0 fully saturated rings. The smallest absolute Gasteiger partial charge is 0.137 e. The van der Waals surface area contributed by atoms with E-state index >= 15 is 0 Å². The summed E-state index contributed by atoms with van der Waals surface area (Å²) in [7, 11) is 0. The van der Waals surface area contributed by atoms with Crippen LogP contribution in [0, 0.1) is 14.1 Å². The summed E-state index contributed by atoms with van der Waals surface area (Å²) >= 11 is 10.2. The van der Waals surface area contributed by atoms with Crippen molar-refractivity contribution in [3.05, 3.63) is 53.6 Å². The first-order chi connectivity index (χ1) is 8.97. The third-order valence-corrected chi connectivity index (χ3v) is 4.24. The highest BCUT2D eigenvalue weighted by atomic mass is 127. The number of aliphatic imine (C=N–C) groups is 1. The van der Waals surface area contributed by atoms with E-state index in [1.165, 1.54) is 0 Å². The molecule has 0 spiro atoms. The maximum absolute atomic E-state index is 9.99. The molecular weight excluding hydrogens is 487 g/mol. The molecule has 0 amide bonds. The van der Waals surface area contributed by atoms with Gasteiger partial charge in [-0.15, -0.1) is 0 Å². The van der Waals surface area contributed by atoms with E-state index in [-0.39, 0.29) is 5.75 Å². The summed E-state index contributed by atoms with van der Waals surface area (Å²) in [6.07, 6.45) is 1.68. The van der Waals surface area contributed by atoms with Crippen LogP contribution in [-0.4, -0.2) is 11.3 Å². The standard InChI is InChI=1S/C14H10ClI2NO/c1-8-4-10(15)2-3-13(8)18-7-9-5-11(16)6-12(17)14(9)19/h2-7,19H,1H3. The van der Waals surface area contributed by atoms with Gasteiger partial charge in [-0.25, -0.2) is 0 Å². The predicted octanol–water partition coefficient (Wildman–Crippen LogP) is 5.31. The van der Waals surface area contributed by atoms with E-state index in [1.807, 2.05) is 31.2 Å². The van der Waals surface area contributed by atoms with Crippen molar-refractivity contribution in [3.8, 4) is 5.75 Å². The van der Waals surface area contributed by atoms with Crippen molar-refractivity contribution in [2.45, 2.75) is 6.92 Å². The van der Waals surface area contributed by atoms with Crippen LogP contribution in [0.1, 0.15) is 11.1 Å². The van der Waals surface area contributed by atoms with Crippen LogP contribution < -0.4 is 0 Å². The lowest BCUT2D eigenvalue weighted by Gasteiger charge is -2.04. The molecular formula is C14H10ClI2NO. The van der Waals surface area contributed by atoms with E-state index in [2.05, 4.69) is 50.2 Å². The van der Waals surface area contributed by atoms with Crippen LogP contribution >= 0.6 is 56.8 Å². The summed E-state index contributed by atoms with van der Waals surface area (Å²) in [6.45, 7) is 1.96. The quantitative estimate of drug-likeness (QED) is 0.443. The Labute approximate surface area is 144 Å². The minimum atomic E-state index is 0.261. The second kappa shape index (κ2) is 6.41. The number of nitrogens with zero attached hydrogens (tertiary/aromatic N) is 1. The number of rotatable bonds is 2. The summed E-state index contributed by atoms with van der Waals surface area (Å²) < 4.78 is 1.88. The molecule has 0 aliphatic carbocycles. The molecule has 2 rings (SSSR count). The third kappa shape index (κ3) is 3.82. The number of phenols is 1. The van der Waals surface area contributed by atoms with Gasteiger partial charge in [0.15, 0.2) is 0 Å². The lowest BCUT2D eigenvalue weighted by Crippen LogP contribution is -1.88. The van der Waals surface area contributed by atoms with Gasteiger partial charge in [-0.2, -0.15) is 0 Å². The fourth-order valence-electron chi connectivity index (χ4n) is 1.59. The zero-order valence-corrected chi connectivity index (χ0v) is 15.1. The highest BCUT2D eigenvalue weighted by Crippen LogP contribution is 2.27. The Kier molecular flexibility index (Phi) is 5.08. The zero-order chi connectivity index (χ0) is 14.0. The second-order valence-corrected chi connectivity index (χ2v) is 6.86. The first-order valence-electron chi connectivity index (χ1n) is 5.45. The SMILES string of the molecule is Cc1cc(Cl)ccc1N=Cc1cc(I)cc(I)c1O. The van der Waals surface area contributed by atoms with Gasteiger partial charge in [-0.1, -0.05) is 11.6 Å². The number of aromatic hydroxyl groups is 1. The molecule has 0 atom stereocenters. The lowest BCUT2D eigenvalue weighted by molar-refractivity contribution is 0.470. The number of benzene rings is 2. The molecule has 0 radical (unpaired) electrons. The minimum absolute atomic E-state index is 0.261. The molecule has 2 aromatic carbocycles. The average molecular weight is 498 g/mol. The van der Waals surface area contributed by atoms with Crippen molar-refractivity contribution in [1.82, 2.24) is 0 Å². The van der Waals surface area contributed by atoms with Crippen LogP contribution in [0.4, 0.5) is 5.69 Å². The van der Waals surface area contributed by atoms with Gasteiger partial charge in [-0.3, -0.25) is 4.99 Å². The molecule has 0 saturated heterocycles. The normalized spacial score (nSPS) is 11.2. The third-order valence-electron chi connectivity index (χ3n) is 2.56. The van der Waals surface area contributed by atoms with E-state index in [1.54, 1.807) is 12.3 Å². The maximum atomic E-state index is 9.99. The second-order valence-electron chi connectivity index (χ2n) is 4.01. The van der Waals surface area contributed by atoms with Crippen molar-refractivity contribution in [2.24, 2.45) is 4.99 Å².